The molecule has 2 N–H and O–H groups in total. The van der Waals surface area contributed by atoms with Gasteiger partial charge in [0, 0.05) is 5.69 Å². The minimum atomic E-state index is -0.939. The van der Waals surface area contributed by atoms with E-state index in [1.807, 2.05) is 24.3 Å². The predicted molar refractivity (Wildman–Crippen MR) is 96.8 cm³/mol. The average molecular weight is 341 g/mol. The molecule has 0 fully saturated rings. The number of amides is 1. The summed E-state index contributed by atoms with van der Waals surface area (Å²) < 4.78 is 5.20. The van der Waals surface area contributed by atoms with Crippen LogP contribution in [0.1, 0.15) is 49.0 Å². The van der Waals surface area contributed by atoms with E-state index in [2.05, 4.69) is 19.2 Å². The maximum Gasteiger partial charge on any atom is 0.338 e. The number of nitrogens with one attached hydrogen (secondary N) is 1. The number of ether oxygens (including phenoxy) is 1. The molecule has 0 spiro atoms. The summed E-state index contributed by atoms with van der Waals surface area (Å²) in [6.07, 6.45) is 0.0180. The fourth-order valence-corrected chi connectivity index (χ4v) is 2.37. The maximum atomic E-state index is 12.4. The molecule has 2 aromatic rings. The fraction of sp³-hybridized carbons (Fsp3) is 0.300. The second-order valence-electron chi connectivity index (χ2n) is 5.98. The summed E-state index contributed by atoms with van der Waals surface area (Å²) in [6.45, 7) is 5.71. The highest BCUT2D eigenvalue weighted by molar-refractivity contribution is 5.97. The third-order valence-electron chi connectivity index (χ3n) is 4.12. The lowest BCUT2D eigenvalue weighted by Gasteiger charge is -2.18. The highest BCUT2D eigenvalue weighted by atomic mass is 16.5. The van der Waals surface area contributed by atoms with Gasteiger partial charge in [-0.2, -0.15) is 0 Å². The van der Waals surface area contributed by atoms with E-state index in [1.165, 1.54) is 31.2 Å². The third kappa shape index (κ3) is 4.83. The number of anilines is 1. The highest BCUT2D eigenvalue weighted by Crippen LogP contribution is 2.26. The molecule has 25 heavy (non-hydrogen) atoms. The number of esters is 1. The number of hydrogen-bond donors (Lipinski definition) is 2. The second kappa shape index (κ2) is 8.33. The fourth-order valence-electron chi connectivity index (χ4n) is 2.37. The quantitative estimate of drug-likeness (QED) is 0.776. The van der Waals surface area contributed by atoms with Crippen LogP contribution in [0.15, 0.2) is 48.5 Å². The molecule has 0 aromatic heterocycles. The molecule has 0 radical (unpaired) electrons. The average Bonchev–Trinajstić information content (AvgIpc) is 2.61. The second-order valence-corrected chi connectivity index (χ2v) is 5.98. The van der Waals surface area contributed by atoms with Crippen LogP contribution in [0.2, 0.25) is 0 Å². The first-order valence-electron chi connectivity index (χ1n) is 8.32. The van der Waals surface area contributed by atoms with Gasteiger partial charge in [-0.3, -0.25) is 4.79 Å². The van der Waals surface area contributed by atoms with Crippen molar-refractivity contribution >= 4 is 17.6 Å². The van der Waals surface area contributed by atoms with Crippen molar-refractivity contribution in [3.8, 4) is 5.75 Å². The van der Waals surface area contributed by atoms with Crippen LogP contribution < -0.4 is 5.32 Å². The van der Waals surface area contributed by atoms with Gasteiger partial charge in [-0.15, -0.1) is 0 Å². The minimum absolute atomic E-state index is 0.0593. The zero-order chi connectivity index (χ0) is 18.4. The number of phenolic OH excluding ortho intramolecular Hbond substituents is 1. The number of hydrogen-bond acceptors (Lipinski definition) is 4. The zero-order valence-electron chi connectivity index (χ0n) is 14.7. The molecule has 0 aliphatic rings. The van der Waals surface area contributed by atoms with Crippen molar-refractivity contribution in [3.05, 3.63) is 59.7 Å². The number of carbonyl (C=O) groups excluding carboxylic acids is 2. The van der Waals surface area contributed by atoms with Crippen LogP contribution in [0.25, 0.3) is 0 Å². The zero-order valence-corrected chi connectivity index (χ0v) is 14.7. The Bertz CT molecular complexity index is 740. The van der Waals surface area contributed by atoms with Gasteiger partial charge in [-0.1, -0.05) is 32.0 Å². The standard InChI is InChI=1S/C20H23NO4/c1-4-13(2)17-7-5-6-8-18(17)21-19(23)14(3)25-20(24)15-9-11-16(22)12-10-15/h5-14,22H,4H2,1-3H3,(H,21,23)/t13-,14-/m1/s1. The number of benzene rings is 2. The topological polar surface area (TPSA) is 75.6 Å². The van der Waals surface area contributed by atoms with Crippen molar-refractivity contribution < 1.29 is 19.4 Å². The van der Waals surface area contributed by atoms with Crippen molar-refractivity contribution in [2.45, 2.75) is 39.2 Å². The van der Waals surface area contributed by atoms with Crippen LogP contribution in [-0.4, -0.2) is 23.1 Å². The van der Waals surface area contributed by atoms with Gasteiger partial charge in [0.2, 0.25) is 0 Å². The van der Waals surface area contributed by atoms with Gasteiger partial charge in [-0.05, 0) is 55.2 Å². The Labute approximate surface area is 147 Å². The number of para-hydroxylation sites is 1. The summed E-state index contributed by atoms with van der Waals surface area (Å²) in [5.74, 6) is -0.629. The smallest absolute Gasteiger partial charge is 0.338 e. The molecule has 0 saturated heterocycles. The number of aromatic hydroxyl groups is 1. The Morgan fingerprint density at radius 2 is 1.72 bits per heavy atom. The summed E-state index contributed by atoms with van der Waals surface area (Å²) in [7, 11) is 0. The van der Waals surface area contributed by atoms with Crippen molar-refractivity contribution in [2.75, 3.05) is 5.32 Å². The van der Waals surface area contributed by atoms with Crippen LogP contribution in [-0.2, 0) is 9.53 Å². The third-order valence-corrected chi connectivity index (χ3v) is 4.12. The van der Waals surface area contributed by atoms with Crippen LogP contribution in [0.5, 0.6) is 5.75 Å². The van der Waals surface area contributed by atoms with E-state index in [0.717, 1.165) is 17.7 Å². The molecule has 0 bridgehead atoms. The number of phenols is 1. The van der Waals surface area contributed by atoms with E-state index in [1.54, 1.807) is 0 Å². The minimum Gasteiger partial charge on any atom is -0.508 e. The normalized spacial score (nSPS) is 12.9. The summed E-state index contributed by atoms with van der Waals surface area (Å²) in [4.78, 5) is 24.4. The largest absolute Gasteiger partial charge is 0.508 e. The van der Waals surface area contributed by atoms with Gasteiger partial charge in [0.15, 0.2) is 6.10 Å². The molecule has 1 amide bonds. The molecule has 2 rings (SSSR count). The van der Waals surface area contributed by atoms with Crippen molar-refractivity contribution in [3.63, 3.8) is 0 Å². The Balaban J connectivity index is 2.03. The summed E-state index contributed by atoms with van der Waals surface area (Å²) in [5, 5.41) is 12.1. The van der Waals surface area contributed by atoms with E-state index >= 15 is 0 Å². The van der Waals surface area contributed by atoms with Crippen LogP contribution in [0, 0.1) is 0 Å². The summed E-state index contributed by atoms with van der Waals surface area (Å²) >= 11 is 0. The van der Waals surface area contributed by atoms with Crippen LogP contribution in [0.4, 0.5) is 5.69 Å². The van der Waals surface area contributed by atoms with Gasteiger partial charge in [0.1, 0.15) is 5.75 Å². The van der Waals surface area contributed by atoms with Gasteiger partial charge in [0.25, 0.3) is 5.91 Å². The number of rotatable bonds is 6. The molecule has 0 aliphatic carbocycles. The van der Waals surface area contributed by atoms with E-state index in [9.17, 15) is 14.7 Å². The molecule has 2 aromatic carbocycles. The van der Waals surface area contributed by atoms with Crippen molar-refractivity contribution in [1.82, 2.24) is 0 Å². The molecular weight excluding hydrogens is 318 g/mol. The van der Waals surface area contributed by atoms with Gasteiger partial charge in [0.05, 0.1) is 5.56 Å². The molecule has 2 atom stereocenters. The molecule has 0 unspecified atom stereocenters. The van der Waals surface area contributed by atoms with E-state index < -0.39 is 12.1 Å². The molecule has 0 aliphatic heterocycles. The SMILES string of the molecule is CC[C@@H](C)c1ccccc1NC(=O)[C@@H](C)OC(=O)c1ccc(O)cc1. The molecule has 5 heteroatoms. The Morgan fingerprint density at radius 3 is 2.36 bits per heavy atom. The molecule has 132 valence electrons. The van der Waals surface area contributed by atoms with E-state index in [-0.39, 0.29) is 17.2 Å². The first-order valence-corrected chi connectivity index (χ1v) is 8.32. The lowest BCUT2D eigenvalue weighted by Crippen LogP contribution is -2.30. The summed E-state index contributed by atoms with van der Waals surface area (Å²) in [5.41, 5.74) is 2.06. The first-order chi connectivity index (χ1) is 11.9. The highest BCUT2D eigenvalue weighted by Gasteiger charge is 2.20. The number of carbonyl (C=O) groups is 2. The van der Waals surface area contributed by atoms with E-state index in [0.29, 0.717) is 5.92 Å². The Hall–Kier alpha value is -2.82. The predicted octanol–water partition coefficient (Wildman–Crippen LogP) is 4.09. The Morgan fingerprint density at radius 1 is 1.08 bits per heavy atom. The van der Waals surface area contributed by atoms with Crippen LogP contribution in [0.3, 0.4) is 0 Å². The van der Waals surface area contributed by atoms with Gasteiger partial charge in [-0.25, -0.2) is 4.79 Å². The van der Waals surface area contributed by atoms with Gasteiger partial charge >= 0.3 is 5.97 Å². The Kier molecular flexibility index (Phi) is 6.17. The van der Waals surface area contributed by atoms with Crippen LogP contribution >= 0.6 is 0 Å². The summed E-state index contributed by atoms with van der Waals surface area (Å²) in [6, 6.07) is 13.3. The van der Waals surface area contributed by atoms with Gasteiger partial charge < -0.3 is 15.2 Å². The molecule has 5 nitrogen and oxygen atoms in total. The lowest BCUT2D eigenvalue weighted by molar-refractivity contribution is -0.123. The first kappa shape index (κ1) is 18.5. The lowest BCUT2D eigenvalue weighted by atomic mass is 9.97. The molecular formula is C20H23NO4. The van der Waals surface area contributed by atoms with Crippen molar-refractivity contribution in [1.29, 1.82) is 0 Å². The molecule has 0 heterocycles. The monoisotopic (exact) mass is 341 g/mol. The van der Waals surface area contributed by atoms with Crippen molar-refractivity contribution in [2.24, 2.45) is 0 Å². The van der Waals surface area contributed by atoms with E-state index in [4.69, 9.17) is 4.74 Å². The maximum absolute atomic E-state index is 12.4. The molecule has 0 saturated carbocycles.